The number of hydrogen-bond acceptors (Lipinski definition) is 2. The quantitative estimate of drug-likeness (QED) is 0.726. The molecule has 0 aromatic heterocycles. The Kier molecular flexibility index (Phi) is 4.06. The van der Waals surface area contributed by atoms with Crippen molar-refractivity contribution in [3.8, 4) is 0 Å². The summed E-state index contributed by atoms with van der Waals surface area (Å²) in [5.41, 5.74) is 1.06. The van der Waals surface area contributed by atoms with E-state index in [1.165, 1.54) is 19.3 Å². The van der Waals surface area contributed by atoms with Crippen LogP contribution >= 0.6 is 11.6 Å². The third-order valence-corrected chi connectivity index (χ3v) is 3.57. The van der Waals surface area contributed by atoms with Gasteiger partial charge in [-0.25, -0.2) is 0 Å². The van der Waals surface area contributed by atoms with Crippen molar-refractivity contribution < 1.29 is 0 Å². The number of benzene rings is 1. The highest BCUT2D eigenvalue weighted by Gasteiger charge is 2.22. The van der Waals surface area contributed by atoms with Gasteiger partial charge < -0.3 is 0 Å². The minimum atomic E-state index is 0.536. The molecular formula is C14H19ClN2. The summed E-state index contributed by atoms with van der Waals surface area (Å²) in [5, 5.41) is 7.58. The summed E-state index contributed by atoms with van der Waals surface area (Å²) < 4.78 is 0. The third kappa shape index (κ3) is 3.22. The van der Waals surface area contributed by atoms with Crippen LogP contribution in [0.1, 0.15) is 38.7 Å². The molecule has 0 N–H and O–H groups in total. The molecule has 92 valence electrons. The van der Waals surface area contributed by atoms with E-state index in [0.717, 1.165) is 10.6 Å². The van der Waals surface area contributed by atoms with Gasteiger partial charge in [0.15, 0.2) is 0 Å². The lowest BCUT2D eigenvalue weighted by Crippen LogP contribution is -2.39. The van der Waals surface area contributed by atoms with Crippen molar-refractivity contribution in [2.75, 3.05) is 0 Å². The van der Waals surface area contributed by atoms with Gasteiger partial charge in [0.05, 0.1) is 6.21 Å². The molecule has 2 atom stereocenters. The standard InChI is InChI=1S/C14H19ClN2/c1-11-5-3-6-12(2)17(11)16-10-13-7-4-8-14(15)9-13/h4,7-12H,3,5-6H2,1-2H3/b16-10-/t11-,12-/m0/s1. The van der Waals surface area contributed by atoms with Gasteiger partial charge in [0.25, 0.3) is 0 Å². The predicted molar refractivity (Wildman–Crippen MR) is 73.7 cm³/mol. The molecule has 1 aromatic carbocycles. The summed E-state index contributed by atoms with van der Waals surface area (Å²) in [6.45, 7) is 4.48. The SMILES string of the molecule is C[C@H]1CCC[C@H](C)N1/N=C\c1cccc(Cl)c1. The minimum absolute atomic E-state index is 0.536. The van der Waals surface area contributed by atoms with Gasteiger partial charge in [-0.2, -0.15) is 5.10 Å². The Hall–Kier alpha value is -1.02. The summed E-state index contributed by atoms with van der Waals surface area (Å²) in [7, 11) is 0. The molecule has 0 spiro atoms. The van der Waals surface area contributed by atoms with Gasteiger partial charge in [-0.15, -0.1) is 0 Å². The van der Waals surface area contributed by atoms with E-state index in [2.05, 4.69) is 24.0 Å². The van der Waals surface area contributed by atoms with Crippen molar-refractivity contribution in [2.24, 2.45) is 5.10 Å². The molecule has 1 fully saturated rings. The van der Waals surface area contributed by atoms with E-state index in [1.807, 2.05) is 30.5 Å². The molecule has 3 heteroatoms. The topological polar surface area (TPSA) is 15.6 Å². The van der Waals surface area contributed by atoms with Crippen LogP contribution < -0.4 is 0 Å². The Bertz CT molecular complexity index is 393. The van der Waals surface area contributed by atoms with E-state index in [9.17, 15) is 0 Å². The molecule has 1 aliphatic heterocycles. The maximum atomic E-state index is 5.95. The highest BCUT2D eigenvalue weighted by atomic mass is 35.5. The lowest BCUT2D eigenvalue weighted by molar-refractivity contribution is 0.109. The third-order valence-electron chi connectivity index (χ3n) is 3.34. The lowest BCUT2D eigenvalue weighted by Gasteiger charge is -2.36. The Morgan fingerprint density at radius 3 is 2.65 bits per heavy atom. The zero-order valence-corrected chi connectivity index (χ0v) is 11.2. The van der Waals surface area contributed by atoms with E-state index < -0.39 is 0 Å². The first-order chi connectivity index (χ1) is 8.16. The van der Waals surface area contributed by atoms with E-state index >= 15 is 0 Å². The van der Waals surface area contributed by atoms with Gasteiger partial charge in [-0.05, 0) is 50.8 Å². The largest absolute Gasteiger partial charge is 0.292 e. The monoisotopic (exact) mass is 250 g/mol. The maximum absolute atomic E-state index is 5.95. The lowest BCUT2D eigenvalue weighted by atomic mass is 10.00. The molecule has 0 unspecified atom stereocenters. The van der Waals surface area contributed by atoms with Crippen LogP contribution in [-0.2, 0) is 0 Å². The molecule has 1 saturated heterocycles. The second-order valence-electron chi connectivity index (χ2n) is 4.81. The zero-order valence-electron chi connectivity index (χ0n) is 10.4. The average molecular weight is 251 g/mol. The fourth-order valence-electron chi connectivity index (χ4n) is 2.36. The number of halogens is 1. The molecule has 1 heterocycles. The fourth-order valence-corrected chi connectivity index (χ4v) is 2.55. The number of piperidine rings is 1. The Balaban J connectivity index is 2.08. The van der Waals surface area contributed by atoms with Gasteiger partial charge in [-0.1, -0.05) is 23.7 Å². The van der Waals surface area contributed by atoms with Crippen LogP contribution in [0, 0.1) is 0 Å². The molecule has 17 heavy (non-hydrogen) atoms. The molecule has 0 bridgehead atoms. The molecule has 0 saturated carbocycles. The van der Waals surface area contributed by atoms with Crippen molar-refractivity contribution in [1.82, 2.24) is 5.01 Å². The Labute approximate surface area is 108 Å². The Morgan fingerprint density at radius 1 is 1.29 bits per heavy atom. The van der Waals surface area contributed by atoms with Crippen LogP contribution in [0.5, 0.6) is 0 Å². The highest BCUT2D eigenvalue weighted by molar-refractivity contribution is 6.30. The van der Waals surface area contributed by atoms with Gasteiger partial charge in [0, 0.05) is 17.1 Å². The molecule has 2 nitrogen and oxygen atoms in total. The number of hydrazone groups is 1. The van der Waals surface area contributed by atoms with Crippen LogP contribution in [0.3, 0.4) is 0 Å². The number of hydrogen-bond donors (Lipinski definition) is 0. The molecule has 0 radical (unpaired) electrons. The van der Waals surface area contributed by atoms with E-state index in [4.69, 9.17) is 11.6 Å². The summed E-state index contributed by atoms with van der Waals surface area (Å²) in [4.78, 5) is 0. The molecule has 2 rings (SSSR count). The molecule has 1 aromatic rings. The van der Waals surface area contributed by atoms with E-state index in [1.54, 1.807) is 0 Å². The van der Waals surface area contributed by atoms with Gasteiger partial charge in [0.2, 0.25) is 0 Å². The first-order valence-electron chi connectivity index (χ1n) is 6.24. The van der Waals surface area contributed by atoms with Crippen molar-refractivity contribution >= 4 is 17.8 Å². The summed E-state index contributed by atoms with van der Waals surface area (Å²) in [6.07, 6.45) is 5.68. The van der Waals surface area contributed by atoms with Crippen LogP contribution in [0.15, 0.2) is 29.4 Å². The second kappa shape index (κ2) is 5.54. The normalized spacial score (nSPS) is 25.5. The summed E-state index contributed by atoms with van der Waals surface area (Å²) in [5.74, 6) is 0. The van der Waals surface area contributed by atoms with Crippen molar-refractivity contribution in [3.63, 3.8) is 0 Å². The molecule has 1 aliphatic rings. The molecule has 0 aliphatic carbocycles. The van der Waals surface area contributed by atoms with Crippen molar-refractivity contribution in [2.45, 2.75) is 45.2 Å². The maximum Gasteiger partial charge on any atom is 0.0543 e. The molecule has 0 amide bonds. The summed E-state index contributed by atoms with van der Waals surface area (Å²) in [6, 6.07) is 8.86. The smallest absolute Gasteiger partial charge is 0.0543 e. The van der Waals surface area contributed by atoms with Crippen molar-refractivity contribution in [1.29, 1.82) is 0 Å². The van der Waals surface area contributed by atoms with Crippen molar-refractivity contribution in [3.05, 3.63) is 34.9 Å². The average Bonchev–Trinajstić information content (AvgIpc) is 2.28. The number of nitrogens with zero attached hydrogens (tertiary/aromatic N) is 2. The zero-order chi connectivity index (χ0) is 12.3. The van der Waals surface area contributed by atoms with Gasteiger partial charge in [-0.3, -0.25) is 5.01 Å². The van der Waals surface area contributed by atoms with Crippen LogP contribution in [-0.4, -0.2) is 23.3 Å². The van der Waals surface area contributed by atoms with E-state index in [0.29, 0.717) is 12.1 Å². The first-order valence-corrected chi connectivity index (χ1v) is 6.62. The first kappa shape index (κ1) is 12.4. The highest BCUT2D eigenvalue weighted by Crippen LogP contribution is 2.22. The fraction of sp³-hybridized carbons (Fsp3) is 0.500. The summed E-state index contributed by atoms with van der Waals surface area (Å²) >= 11 is 5.95. The minimum Gasteiger partial charge on any atom is -0.292 e. The second-order valence-corrected chi connectivity index (χ2v) is 5.24. The predicted octanol–water partition coefficient (Wildman–Crippen LogP) is 3.94. The number of rotatable bonds is 2. The van der Waals surface area contributed by atoms with Gasteiger partial charge in [0.1, 0.15) is 0 Å². The molecular weight excluding hydrogens is 232 g/mol. The van der Waals surface area contributed by atoms with E-state index in [-0.39, 0.29) is 0 Å². The van der Waals surface area contributed by atoms with Crippen LogP contribution in [0.25, 0.3) is 0 Å². The van der Waals surface area contributed by atoms with Crippen LogP contribution in [0.2, 0.25) is 5.02 Å². The van der Waals surface area contributed by atoms with Crippen LogP contribution in [0.4, 0.5) is 0 Å². The Morgan fingerprint density at radius 2 is 2.00 bits per heavy atom. The van der Waals surface area contributed by atoms with Gasteiger partial charge >= 0.3 is 0 Å².